The lowest BCUT2D eigenvalue weighted by Gasteiger charge is -2.44. The van der Waals surface area contributed by atoms with Gasteiger partial charge in [-0.05, 0) is 54.2 Å². The van der Waals surface area contributed by atoms with Crippen molar-refractivity contribution >= 4 is 23.5 Å². The summed E-state index contributed by atoms with van der Waals surface area (Å²) in [5.74, 6) is -0.866. The fraction of sp³-hybridized carbons (Fsp3) is 0.483. The largest absolute Gasteiger partial charge is 0.481 e. The van der Waals surface area contributed by atoms with Gasteiger partial charge in [0.05, 0.1) is 17.6 Å². The SMILES string of the molecule is CC1(C)CC2C(NC3(C(=O)CCC(=O)O)CC3)c3ccccc3N(C(=O)OCc3ccccc3)C2C1. The van der Waals surface area contributed by atoms with Crippen LogP contribution in [0.4, 0.5) is 10.5 Å². The number of anilines is 1. The Morgan fingerprint density at radius 2 is 1.69 bits per heavy atom. The molecule has 0 spiro atoms. The highest BCUT2D eigenvalue weighted by atomic mass is 16.6. The third-order valence-electron chi connectivity index (χ3n) is 8.02. The molecule has 0 bridgehead atoms. The number of para-hydroxylation sites is 1. The number of rotatable bonds is 8. The third-order valence-corrected chi connectivity index (χ3v) is 8.02. The number of carboxylic acid groups (broad SMARTS) is 1. The molecule has 1 aliphatic heterocycles. The summed E-state index contributed by atoms with van der Waals surface area (Å²) in [5.41, 5.74) is 2.11. The van der Waals surface area contributed by atoms with Crippen LogP contribution in [0.15, 0.2) is 54.6 Å². The minimum absolute atomic E-state index is 0.0270. The zero-order chi connectivity index (χ0) is 25.5. The molecule has 1 heterocycles. The molecule has 190 valence electrons. The Labute approximate surface area is 211 Å². The molecule has 5 rings (SSSR count). The van der Waals surface area contributed by atoms with Gasteiger partial charge in [-0.3, -0.25) is 19.8 Å². The molecule has 2 fully saturated rings. The van der Waals surface area contributed by atoms with E-state index >= 15 is 0 Å². The molecule has 2 aromatic rings. The number of carbonyl (C=O) groups is 3. The number of carbonyl (C=O) groups excluding carboxylic acids is 2. The Morgan fingerprint density at radius 3 is 2.39 bits per heavy atom. The first-order valence-corrected chi connectivity index (χ1v) is 12.8. The topological polar surface area (TPSA) is 95.9 Å². The van der Waals surface area contributed by atoms with Crippen LogP contribution in [0.5, 0.6) is 0 Å². The first-order valence-electron chi connectivity index (χ1n) is 12.8. The number of hydrogen-bond donors (Lipinski definition) is 2. The summed E-state index contributed by atoms with van der Waals surface area (Å²) in [6.07, 6.45) is 2.71. The highest BCUT2D eigenvalue weighted by Crippen LogP contribution is 2.55. The van der Waals surface area contributed by atoms with Gasteiger partial charge in [-0.15, -0.1) is 0 Å². The Bertz CT molecular complexity index is 1160. The second-order valence-corrected chi connectivity index (χ2v) is 11.3. The summed E-state index contributed by atoms with van der Waals surface area (Å²) in [6, 6.07) is 17.4. The van der Waals surface area contributed by atoms with E-state index in [1.807, 2.05) is 59.5 Å². The van der Waals surface area contributed by atoms with E-state index in [0.717, 1.165) is 29.7 Å². The van der Waals surface area contributed by atoms with E-state index < -0.39 is 11.5 Å². The van der Waals surface area contributed by atoms with Crippen LogP contribution in [0.2, 0.25) is 0 Å². The van der Waals surface area contributed by atoms with Crippen molar-refractivity contribution in [2.24, 2.45) is 11.3 Å². The van der Waals surface area contributed by atoms with Gasteiger partial charge < -0.3 is 9.84 Å². The van der Waals surface area contributed by atoms with Crippen LogP contribution in [0, 0.1) is 11.3 Å². The minimum Gasteiger partial charge on any atom is -0.481 e. The van der Waals surface area contributed by atoms with Crippen LogP contribution in [0.25, 0.3) is 0 Å². The van der Waals surface area contributed by atoms with Crippen LogP contribution in [-0.4, -0.2) is 34.5 Å². The van der Waals surface area contributed by atoms with Crippen molar-refractivity contribution in [1.29, 1.82) is 0 Å². The number of amides is 1. The van der Waals surface area contributed by atoms with Crippen LogP contribution >= 0.6 is 0 Å². The Balaban J connectivity index is 1.44. The second-order valence-electron chi connectivity index (χ2n) is 11.3. The Kier molecular flexibility index (Phi) is 6.37. The normalized spacial score (nSPS) is 24.9. The van der Waals surface area contributed by atoms with Crippen molar-refractivity contribution in [2.75, 3.05) is 4.90 Å². The van der Waals surface area contributed by atoms with Crippen molar-refractivity contribution in [2.45, 2.75) is 76.6 Å². The summed E-state index contributed by atoms with van der Waals surface area (Å²) in [6.45, 7) is 4.67. The van der Waals surface area contributed by atoms with E-state index in [4.69, 9.17) is 9.84 Å². The van der Waals surface area contributed by atoms with Gasteiger partial charge in [0.15, 0.2) is 5.78 Å². The van der Waals surface area contributed by atoms with E-state index in [2.05, 4.69) is 19.2 Å². The van der Waals surface area contributed by atoms with Gasteiger partial charge in [0.2, 0.25) is 0 Å². The van der Waals surface area contributed by atoms with Crippen LogP contribution in [0.1, 0.15) is 69.5 Å². The van der Waals surface area contributed by atoms with E-state index in [0.29, 0.717) is 12.8 Å². The first-order chi connectivity index (χ1) is 17.2. The molecule has 0 saturated heterocycles. The lowest BCUT2D eigenvalue weighted by molar-refractivity contribution is -0.139. The molecule has 2 N–H and O–H groups in total. The predicted octanol–water partition coefficient (Wildman–Crippen LogP) is 5.25. The zero-order valence-corrected chi connectivity index (χ0v) is 20.9. The van der Waals surface area contributed by atoms with Gasteiger partial charge in [0, 0.05) is 18.5 Å². The molecular formula is C29H34N2O5. The molecule has 2 aliphatic carbocycles. The van der Waals surface area contributed by atoms with Crippen molar-refractivity contribution in [3.05, 3.63) is 65.7 Å². The highest BCUT2D eigenvalue weighted by Gasteiger charge is 2.56. The zero-order valence-electron chi connectivity index (χ0n) is 20.9. The maximum atomic E-state index is 13.5. The summed E-state index contributed by atoms with van der Waals surface area (Å²) < 4.78 is 5.80. The van der Waals surface area contributed by atoms with Crippen LogP contribution in [0.3, 0.4) is 0 Å². The Morgan fingerprint density at radius 1 is 1.00 bits per heavy atom. The van der Waals surface area contributed by atoms with Crippen LogP contribution < -0.4 is 10.2 Å². The summed E-state index contributed by atoms with van der Waals surface area (Å²) in [4.78, 5) is 39.4. The molecule has 36 heavy (non-hydrogen) atoms. The number of hydrogen-bond acceptors (Lipinski definition) is 5. The van der Waals surface area contributed by atoms with E-state index in [1.54, 1.807) is 0 Å². The standard InChI is InChI=1S/C29H34N2O5/c1-28(2)16-21-23(17-28)31(27(35)36-18-19-8-4-3-5-9-19)22-11-7-6-10-20(22)26(21)30-29(14-15-29)24(32)12-13-25(33)34/h3-11,21,23,26,30H,12-18H2,1-2H3,(H,33,34). The molecule has 1 amide bonds. The number of nitrogens with zero attached hydrogens (tertiary/aromatic N) is 1. The average molecular weight is 491 g/mol. The predicted molar refractivity (Wildman–Crippen MR) is 136 cm³/mol. The number of Topliss-reactive ketones (excluding diaryl/α,β-unsaturated/α-hetero) is 1. The van der Waals surface area contributed by atoms with E-state index in [-0.39, 0.29) is 54.7 Å². The lowest BCUT2D eigenvalue weighted by atomic mass is 9.81. The summed E-state index contributed by atoms with van der Waals surface area (Å²) in [7, 11) is 0. The van der Waals surface area contributed by atoms with Crippen molar-refractivity contribution in [3.63, 3.8) is 0 Å². The quantitative estimate of drug-likeness (QED) is 0.525. The number of nitrogens with one attached hydrogen (secondary N) is 1. The number of carboxylic acids is 1. The summed E-state index contributed by atoms with van der Waals surface area (Å²) >= 11 is 0. The number of fused-ring (bicyclic) bond motifs is 2. The Hall–Kier alpha value is -3.19. The van der Waals surface area contributed by atoms with Crippen molar-refractivity contribution in [3.8, 4) is 0 Å². The molecule has 0 radical (unpaired) electrons. The smallest absolute Gasteiger partial charge is 0.414 e. The van der Waals surface area contributed by atoms with Gasteiger partial charge in [-0.2, -0.15) is 0 Å². The molecule has 0 aromatic heterocycles. The molecule has 3 unspecified atom stereocenters. The maximum Gasteiger partial charge on any atom is 0.414 e. The average Bonchev–Trinajstić information content (AvgIpc) is 3.57. The lowest BCUT2D eigenvalue weighted by Crippen LogP contribution is -2.53. The first kappa shape index (κ1) is 24.5. The number of ketones is 1. The van der Waals surface area contributed by atoms with Gasteiger partial charge in [0.1, 0.15) is 6.61 Å². The molecule has 2 aromatic carbocycles. The van der Waals surface area contributed by atoms with Crippen molar-refractivity contribution in [1.82, 2.24) is 5.32 Å². The molecule has 3 aliphatic rings. The fourth-order valence-electron chi connectivity index (χ4n) is 6.17. The number of benzene rings is 2. The molecule has 2 saturated carbocycles. The molecule has 7 heteroatoms. The maximum absolute atomic E-state index is 13.5. The second kappa shape index (κ2) is 9.36. The molecule has 7 nitrogen and oxygen atoms in total. The van der Waals surface area contributed by atoms with E-state index in [9.17, 15) is 14.4 Å². The molecule has 3 atom stereocenters. The van der Waals surface area contributed by atoms with Crippen LogP contribution in [-0.2, 0) is 20.9 Å². The number of ether oxygens (including phenoxy) is 1. The molecular weight excluding hydrogens is 456 g/mol. The minimum atomic E-state index is -0.954. The highest BCUT2D eigenvalue weighted by molar-refractivity contribution is 5.94. The van der Waals surface area contributed by atoms with Crippen molar-refractivity contribution < 1.29 is 24.2 Å². The van der Waals surface area contributed by atoms with Gasteiger partial charge in [-0.25, -0.2) is 4.79 Å². The van der Waals surface area contributed by atoms with E-state index in [1.165, 1.54) is 0 Å². The van der Waals surface area contributed by atoms with Gasteiger partial charge in [0.25, 0.3) is 0 Å². The van der Waals surface area contributed by atoms with Gasteiger partial charge >= 0.3 is 12.1 Å². The third kappa shape index (κ3) is 4.76. The number of aliphatic carboxylic acids is 1. The van der Waals surface area contributed by atoms with Gasteiger partial charge in [-0.1, -0.05) is 62.4 Å². The summed E-state index contributed by atoms with van der Waals surface area (Å²) in [5, 5.41) is 12.7. The fourth-order valence-corrected chi connectivity index (χ4v) is 6.17. The monoisotopic (exact) mass is 490 g/mol.